The number of hydrogen-bond donors (Lipinski definition) is 0. The van der Waals surface area contributed by atoms with Crippen LogP contribution in [0.4, 0.5) is 0 Å². The highest BCUT2D eigenvalue weighted by Gasteiger charge is 2.23. The fourth-order valence-corrected chi connectivity index (χ4v) is 3.73. The summed E-state index contributed by atoms with van der Waals surface area (Å²) in [7, 11) is -3.03. The predicted octanol–water partition coefficient (Wildman–Crippen LogP) is 4.48. The number of benzene rings is 1. The van der Waals surface area contributed by atoms with E-state index in [1.54, 1.807) is 13.8 Å². The zero-order chi connectivity index (χ0) is 15.7. The highest BCUT2D eigenvalue weighted by atomic mass is 31.2. The van der Waals surface area contributed by atoms with Crippen molar-refractivity contribution >= 4 is 13.4 Å². The van der Waals surface area contributed by atoms with E-state index < -0.39 is 7.60 Å². The van der Waals surface area contributed by atoms with Crippen molar-refractivity contribution in [3.8, 4) is 0 Å². The standard InChI is InChI=1S/C16H25O4P/c1-4-14-9-11-15(12-10-14)16(17)8-7-13-21(18,19-5-2)20-6-3/h9-12H,4-8,13H2,1-3H3. The molecule has 0 aliphatic carbocycles. The molecule has 4 nitrogen and oxygen atoms in total. The second kappa shape index (κ2) is 9.14. The second-order valence-corrected chi connectivity index (χ2v) is 6.93. The maximum atomic E-state index is 12.3. The molecule has 0 spiro atoms. The number of Topliss-reactive ketones (excluding diaryl/α,β-unsaturated/α-hetero) is 1. The van der Waals surface area contributed by atoms with Gasteiger partial charge in [-0.3, -0.25) is 9.36 Å². The van der Waals surface area contributed by atoms with E-state index in [2.05, 4.69) is 6.92 Å². The number of carbonyl (C=O) groups excluding carboxylic acids is 1. The molecule has 0 heterocycles. The highest BCUT2D eigenvalue weighted by molar-refractivity contribution is 7.53. The van der Waals surface area contributed by atoms with Crippen LogP contribution in [0.1, 0.15) is 49.5 Å². The summed E-state index contributed by atoms with van der Waals surface area (Å²) in [6.45, 7) is 6.35. The van der Waals surface area contributed by atoms with Crippen molar-refractivity contribution in [2.24, 2.45) is 0 Å². The molecule has 1 aromatic carbocycles. The lowest BCUT2D eigenvalue weighted by Gasteiger charge is -2.16. The average molecular weight is 312 g/mol. The molecular weight excluding hydrogens is 287 g/mol. The van der Waals surface area contributed by atoms with Crippen LogP contribution in [0.5, 0.6) is 0 Å². The van der Waals surface area contributed by atoms with Gasteiger partial charge in [0.2, 0.25) is 0 Å². The van der Waals surface area contributed by atoms with E-state index in [4.69, 9.17) is 9.05 Å². The zero-order valence-electron chi connectivity index (χ0n) is 13.1. The Bertz CT molecular complexity index is 472. The maximum Gasteiger partial charge on any atom is 0.330 e. The number of ketones is 1. The number of rotatable bonds is 10. The zero-order valence-corrected chi connectivity index (χ0v) is 14.0. The van der Waals surface area contributed by atoms with E-state index in [0.29, 0.717) is 31.6 Å². The Hall–Kier alpha value is -0.960. The van der Waals surface area contributed by atoms with Crippen LogP contribution in [0.2, 0.25) is 0 Å². The normalized spacial score (nSPS) is 11.6. The third-order valence-electron chi connectivity index (χ3n) is 3.17. The van der Waals surface area contributed by atoms with Gasteiger partial charge in [0.1, 0.15) is 0 Å². The van der Waals surface area contributed by atoms with Crippen molar-refractivity contribution in [3.63, 3.8) is 0 Å². The topological polar surface area (TPSA) is 52.6 Å². The van der Waals surface area contributed by atoms with E-state index >= 15 is 0 Å². The van der Waals surface area contributed by atoms with Crippen molar-refractivity contribution in [3.05, 3.63) is 35.4 Å². The molecule has 0 aliphatic heterocycles. The lowest BCUT2D eigenvalue weighted by atomic mass is 10.0. The Morgan fingerprint density at radius 2 is 1.62 bits per heavy atom. The second-order valence-electron chi connectivity index (χ2n) is 4.75. The third kappa shape index (κ3) is 6.13. The Balaban J connectivity index is 2.49. The molecule has 0 saturated carbocycles. The lowest BCUT2D eigenvalue weighted by Crippen LogP contribution is -2.04. The fraction of sp³-hybridized carbons (Fsp3) is 0.562. The van der Waals surface area contributed by atoms with Gasteiger partial charge in [-0.15, -0.1) is 0 Å². The summed E-state index contributed by atoms with van der Waals surface area (Å²) in [6, 6.07) is 7.65. The Morgan fingerprint density at radius 1 is 1.05 bits per heavy atom. The number of hydrogen-bond acceptors (Lipinski definition) is 4. The van der Waals surface area contributed by atoms with Gasteiger partial charge < -0.3 is 9.05 Å². The summed E-state index contributed by atoms with van der Waals surface area (Å²) in [6.07, 6.45) is 2.11. The molecule has 0 amide bonds. The number of aryl methyl sites for hydroxylation is 1. The third-order valence-corrected chi connectivity index (χ3v) is 5.34. The lowest BCUT2D eigenvalue weighted by molar-refractivity contribution is 0.0981. The molecular formula is C16H25O4P. The van der Waals surface area contributed by atoms with Gasteiger partial charge in [0.15, 0.2) is 5.78 Å². The minimum absolute atomic E-state index is 0.0669. The van der Waals surface area contributed by atoms with Crippen molar-refractivity contribution < 1.29 is 18.4 Å². The molecule has 118 valence electrons. The molecule has 21 heavy (non-hydrogen) atoms. The first-order valence-corrected chi connectivity index (χ1v) is 9.27. The summed E-state index contributed by atoms with van der Waals surface area (Å²) in [4.78, 5) is 12.1. The van der Waals surface area contributed by atoms with Gasteiger partial charge in [-0.25, -0.2) is 0 Å². The Kier molecular flexibility index (Phi) is 7.87. The van der Waals surface area contributed by atoms with Gasteiger partial charge in [0.25, 0.3) is 0 Å². The van der Waals surface area contributed by atoms with Crippen molar-refractivity contribution in [1.29, 1.82) is 0 Å². The predicted molar refractivity (Wildman–Crippen MR) is 85.1 cm³/mol. The summed E-state index contributed by atoms with van der Waals surface area (Å²) in [5.41, 5.74) is 1.92. The summed E-state index contributed by atoms with van der Waals surface area (Å²) in [5, 5.41) is 0. The molecule has 0 saturated heterocycles. The summed E-state index contributed by atoms with van der Waals surface area (Å²) >= 11 is 0. The van der Waals surface area contributed by atoms with E-state index in [-0.39, 0.29) is 11.9 Å². The summed E-state index contributed by atoms with van der Waals surface area (Å²) < 4.78 is 22.7. The average Bonchev–Trinajstić information content (AvgIpc) is 2.47. The maximum absolute atomic E-state index is 12.3. The molecule has 0 unspecified atom stereocenters. The molecule has 1 aromatic rings. The van der Waals surface area contributed by atoms with Gasteiger partial charge in [-0.2, -0.15) is 0 Å². The van der Waals surface area contributed by atoms with E-state index in [1.165, 1.54) is 5.56 Å². The van der Waals surface area contributed by atoms with Gasteiger partial charge in [-0.1, -0.05) is 31.2 Å². The minimum Gasteiger partial charge on any atom is -0.309 e. The SMILES string of the molecule is CCOP(=O)(CCCC(=O)c1ccc(CC)cc1)OCC. The van der Waals surface area contributed by atoms with Crippen molar-refractivity contribution in [1.82, 2.24) is 0 Å². The smallest absolute Gasteiger partial charge is 0.309 e. The quantitative estimate of drug-likeness (QED) is 0.472. The van der Waals surface area contributed by atoms with Crippen LogP contribution in [0, 0.1) is 0 Å². The molecule has 0 fully saturated rings. The van der Waals surface area contributed by atoms with Crippen LogP contribution in [-0.2, 0) is 20.0 Å². The van der Waals surface area contributed by atoms with Crippen LogP contribution in [-0.4, -0.2) is 25.2 Å². The molecule has 0 atom stereocenters. The molecule has 0 N–H and O–H groups in total. The fourth-order valence-electron chi connectivity index (χ4n) is 2.06. The van der Waals surface area contributed by atoms with Gasteiger partial charge in [0, 0.05) is 12.0 Å². The van der Waals surface area contributed by atoms with Crippen LogP contribution in [0.25, 0.3) is 0 Å². The van der Waals surface area contributed by atoms with Gasteiger partial charge >= 0.3 is 7.60 Å². The monoisotopic (exact) mass is 312 g/mol. The Labute approximate surface area is 127 Å². The highest BCUT2D eigenvalue weighted by Crippen LogP contribution is 2.48. The Morgan fingerprint density at radius 3 is 2.10 bits per heavy atom. The largest absolute Gasteiger partial charge is 0.330 e. The first-order chi connectivity index (χ1) is 10.0. The molecule has 5 heteroatoms. The van der Waals surface area contributed by atoms with Crippen LogP contribution in [0.3, 0.4) is 0 Å². The molecule has 0 bridgehead atoms. The molecule has 0 aromatic heterocycles. The van der Waals surface area contributed by atoms with Crippen molar-refractivity contribution in [2.75, 3.05) is 19.4 Å². The van der Waals surface area contributed by atoms with Crippen LogP contribution < -0.4 is 0 Å². The minimum atomic E-state index is -3.03. The molecule has 1 rings (SSSR count). The van der Waals surface area contributed by atoms with Gasteiger partial charge in [-0.05, 0) is 32.3 Å². The summed E-state index contributed by atoms with van der Waals surface area (Å²) in [5.74, 6) is 0.0669. The van der Waals surface area contributed by atoms with E-state index in [0.717, 1.165) is 6.42 Å². The van der Waals surface area contributed by atoms with Gasteiger partial charge in [0.05, 0.1) is 19.4 Å². The molecule has 0 aliphatic rings. The van der Waals surface area contributed by atoms with Crippen LogP contribution in [0.15, 0.2) is 24.3 Å². The van der Waals surface area contributed by atoms with Crippen LogP contribution >= 0.6 is 7.60 Å². The molecule has 0 radical (unpaired) electrons. The van der Waals surface area contributed by atoms with Crippen molar-refractivity contribution in [2.45, 2.75) is 40.0 Å². The first kappa shape index (κ1) is 18.1. The first-order valence-electron chi connectivity index (χ1n) is 7.55. The van der Waals surface area contributed by atoms with E-state index in [9.17, 15) is 9.36 Å². The van der Waals surface area contributed by atoms with E-state index in [1.807, 2.05) is 24.3 Å². The number of carbonyl (C=O) groups is 1.